The lowest BCUT2D eigenvalue weighted by atomic mass is 10.1. The fourth-order valence-electron chi connectivity index (χ4n) is 3.65. The largest absolute Gasteiger partial charge is 0.496 e. The molecule has 1 amide bonds. The molecule has 138 valence electrons. The molecule has 1 saturated heterocycles. The van der Waals surface area contributed by atoms with E-state index in [1.54, 1.807) is 7.11 Å². The highest BCUT2D eigenvalue weighted by molar-refractivity contribution is 5.79. The third-order valence-corrected chi connectivity index (χ3v) is 5.08. The van der Waals surface area contributed by atoms with Crippen LogP contribution < -0.4 is 4.74 Å². The van der Waals surface area contributed by atoms with Gasteiger partial charge in [-0.05, 0) is 24.6 Å². The summed E-state index contributed by atoms with van der Waals surface area (Å²) >= 11 is 0. The molecule has 3 aromatic rings. The van der Waals surface area contributed by atoms with Crippen LogP contribution in [0.3, 0.4) is 0 Å². The van der Waals surface area contributed by atoms with Crippen LogP contribution in [-0.4, -0.2) is 34.4 Å². The summed E-state index contributed by atoms with van der Waals surface area (Å²) in [6.07, 6.45) is 2.34. The van der Waals surface area contributed by atoms with Gasteiger partial charge in [-0.3, -0.25) is 4.79 Å². The van der Waals surface area contributed by atoms with E-state index in [1.807, 2.05) is 41.4 Å². The van der Waals surface area contributed by atoms with E-state index >= 15 is 0 Å². The summed E-state index contributed by atoms with van der Waals surface area (Å²) in [6.45, 7) is 3.30. The van der Waals surface area contributed by atoms with Crippen LogP contribution in [0.25, 0.3) is 11.3 Å². The molecular formula is C22H23N3O2. The number of para-hydroxylation sites is 1. The van der Waals surface area contributed by atoms with Crippen molar-refractivity contribution in [3.8, 4) is 17.0 Å². The molecule has 2 heterocycles. The van der Waals surface area contributed by atoms with E-state index < -0.39 is 0 Å². The van der Waals surface area contributed by atoms with Crippen LogP contribution in [0.4, 0.5) is 0 Å². The lowest BCUT2D eigenvalue weighted by Gasteiger charge is -2.18. The molecule has 1 fully saturated rings. The fourth-order valence-corrected chi connectivity index (χ4v) is 3.65. The number of likely N-dealkylation sites (tertiary alicyclic amines) is 1. The Kier molecular flexibility index (Phi) is 4.67. The Labute approximate surface area is 159 Å². The van der Waals surface area contributed by atoms with Gasteiger partial charge in [-0.25, -0.2) is 4.98 Å². The third-order valence-electron chi connectivity index (χ3n) is 5.08. The molecule has 0 bridgehead atoms. The molecule has 1 N–H and O–H groups in total. The molecule has 2 aromatic carbocycles. The first-order chi connectivity index (χ1) is 13.1. The minimum atomic E-state index is 0.0887. The van der Waals surface area contributed by atoms with E-state index in [0.29, 0.717) is 19.5 Å². The molecule has 0 radical (unpaired) electrons. The molecule has 1 aliphatic heterocycles. The Morgan fingerprint density at radius 2 is 2.07 bits per heavy atom. The van der Waals surface area contributed by atoms with Crippen molar-refractivity contribution in [3.63, 3.8) is 0 Å². The van der Waals surface area contributed by atoms with Gasteiger partial charge < -0.3 is 14.6 Å². The summed E-state index contributed by atoms with van der Waals surface area (Å²) < 4.78 is 5.41. The molecule has 27 heavy (non-hydrogen) atoms. The van der Waals surface area contributed by atoms with Crippen molar-refractivity contribution < 1.29 is 9.53 Å². The second-order valence-electron chi connectivity index (χ2n) is 7.04. The summed E-state index contributed by atoms with van der Waals surface area (Å²) in [5, 5.41) is 0. The van der Waals surface area contributed by atoms with Crippen molar-refractivity contribution in [1.29, 1.82) is 0 Å². The number of imidazole rings is 1. The van der Waals surface area contributed by atoms with Gasteiger partial charge in [0, 0.05) is 31.0 Å². The van der Waals surface area contributed by atoms with Crippen LogP contribution in [-0.2, 0) is 11.3 Å². The van der Waals surface area contributed by atoms with Crippen LogP contribution >= 0.6 is 0 Å². The van der Waals surface area contributed by atoms with E-state index in [2.05, 4.69) is 35.1 Å². The van der Waals surface area contributed by atoms with Gasteiger partial charge in [-0.1, -0.05) is 42.0 Å². The predicted molar refractivity (Wildman–Crippen MR) is 105 cm³/mol. The minimum absolute atomic E-state index is 0.0887. The van der Waals surface area contributed by atoms with Crippen LogP contribution in [0.5, 0.6) is 5.75 Å². The third kappa shape index (κ3) is 3.58. The molecule has 0 aliphatic carbocycles. The number of carbonyl (C=O) groups is 1. The monoisotopic (exact) mass is 361 g/mol. The zero-order chi connectivity index (χ0) is 18.8. The lowest BCUT2D eigenvalue weighted by Crippen LogP contribution is -2.24. The predicted octanol–water partition coefficient (Wildman–Crippen LogP) is 3.91. The number of methoxy groups -OCH3 is 1. The van der Waals surface area contributed by atoms with Crippen molar-refractivity contribution in [2.24, 2.45) is 0 Å². The number of H-pyrrole nitrogens is 1. The van der Waals surface area contributed by atoms with Gasteiger partial charge in [0.2, 0.25) is 5.91 Å². The molecule has 1 aliphatic rings. The van der Waals surface area contributed by atoms with Crippen molar-refractivity contribution in [2.45, 2.75) is 25.8 Å². The normalized spacial score (nSPS) is 16.7. The molecular weight excluding hydrogens is 338 g/mol. The first kappa shape index (κ1) is 17.3. The molecule has 1 atom stereocenters. The molecule has 5 nitrogen and oxygen atoms in total. The van der Waals surface area contributed by atoms with Crippen molar-refractivity contribution in [2.75, 3.05) is 13.7 Å². The highest BCUT2D eigenvalue weighted by Crippen LogP contribution is 2.30. The van der Waals surface area contributed by atoms with Gasteiger partial charge in [-0.2, -0.15) is 0 Å². The number of nitrogens with zero attached hydrogens (tertiary/aromatic N) is 2. The number of benzene rings is 2. The molecule has 1 aromatic heterocycles. The average molecular weight is 361 g/mol. The summed E-state index contributed by atoms with van der Waals surface area (Å²) in [5.41, 5.74) is 4.34. The van der Waals surface area contributed by atoms with Crippen molar-refractivity contribution >= 4 is 5.91 Å². The van der Waals surface area contributed by atoms with Crippen LogP contribution in [0.1, 0.15) is 29.3 Å². The molecule has 0 unspecified atom stereocenters. The van der Waals surface area contributed by atoms with E-state index in [-0.39, 0.29) is 11.8 Å². The first-order valence-electron chi connectivity index (χ1n) is 9.15. The number of rotatable bonds is 5. The van der Waals surface area contributed by atoms with Crippen LogP contribution in [0.2, 0.25) is 0 Å². The van der Waals surface area contributed by atoms with E-state index in [0.717, 1.165) is 28.4 Å². The number of amides is 1. The first-order valence-corrected chi connectivity index (χ1v) is 9.15. The number of aromatic amines is 1. The van der Waals surface area contributed by atoms with E-state index in [4.69, 9.17) is 4.74 Å². The van der Waals surface area contributed by atoms with Gasteiger partial charge in [0.05, 0.1) is 19.0 Å². The summed E-state index contributed by atoms with van der Waals surface area (Å²) in [6, 6.07) is 16.1. The average Bonchev–Trinajstić information content (AvgIpc) is 3.30. The van der Waals surface area contributed by atoms with Gasteiger partial charge in [0.15, 0.2) is 0 Å². The lowest BCUT2D eigenvalue weighted by molar-refractivity contribution is -0.128. The summed E-state index contributed by atoms with van der Waals surface area (Å²) in [7, 11) is 1.66. The Hall–Kier alpha value is -3.08. The quantitative estimate of drug-likeness (QED) is 0.750. The Balaban J connectivity index is 1.49. The number of aromatic nitrogens is 2. The van der Waals surface area contributed by atoms with Crippen molar-refractivity contribution in [3.05, 3.63) is 71.7 Å². The second-order valence-corrected chi connectivity index (χ2v) is 7.04. The van der Waals surface area contributed by atoms with Crippen LogP contribution in [0, 0.1) is 6.92 Å². The summed E-state index contributed by atoms with van der Waals surface area (Å²) in [5.74, 6) is 1.93. The second kappa shape index (κ2) is 7.27. The minimum Gasteiger partial charge on any atom is -0.496 e. The fraction of sp³-hybridized carbons (Fsp3) is 0.273. The summed E-state index contributed by atoms with van der Waals surface area (Å²) in [4.78, 5) is 22.4. The number of nitrogens with one attached hydrogen (secondary N) is 1. The van der Waals surface area contributed by atoms with Gasteiger partial charge >= 0.3 is 0 Å². The van der Waals surface area contributed by atoms with Crippen molar-refractivity contribution in [1.82, 2.24) is 14.9 Å². The number of carbonyl (C=O) groups excluding carboxylic acids is 1. The molecule has 0 saturated carbocycles. The molecule has 5 heteroatoms. The Morgan fingerprint density at radius 3 is 2.89 bits per heavy atom. The zero-order valence-electron chi connectivity index (χ0n) is 15.6. The number of ether oxygens (including phenoxy) is 1. The van der Waals surface area contributed by atoms with E-state index in [1.165, 1.54) is 5.56 Å². The maximum Gasteiger partial charge on any atom is 0.223 e. The molecule has 4 rings (SSSR count). The SMILES string of the molecule is COc1ccccc1CN1C[C@@H](c2ncc(-c3cccc(C)c3)[nH]2)CC1=O. The van der Waals surface area contributed by atoms with Crippen LogP contribution in [0.15, 0.2) is 54.7 Å². The number of aryl methyl sites for hydroxylation is 1. The Morgan fingerprint density at radius 1 is 1.22 bits per heavy atom. The number of hydrogen-bond donors (Lipinski definition) is 1. The maximum absolute atomic E-state index is 12.5. The zero-order valence-corrected chi connectivity index (χ0v) is 15.6. The standard InChI is InChI=1S/C22H23N3O2/c1-15-6-5-8-16(10-15)19-12-23-22(24-19)18-11-21(26)25(14-18)13-17-7-3-4-9-20(17)27-2/h3-10,12,18H,11,13-14H2,1-2H3,(H,23,24)/t18-/m0/s1. The molecule has 0 spiro atoms. The topological polar surface area (TPSA) is 58.2 Å². The van der Waals surface area contributed by atoms with E-state index in [9.17, 15) is 4.79 Å². The van der Waals surface area contributed by atoms with Gasteiger partial charge in [0.1, 0.15) is 11.6 Å². The Bertz CT molecular complexity index is 963. The maximum atomic E-state index is 12.5. The van der Waals surface area contributed by atoms with Gasteiger partial charge in [0.25, 0.3) is 0 Å². The number of hydrogen-bond acceptors (Lipinski definition) is 3. The highest BCUT2D eigenvalue weighted by atomic mass is 16.5. The smallest absolute Gasteiger partial charge is 0.223 e. The van der Waals surface area contributed by atoms with Gasteiger partial charge in [-0.15, -0.1) is 0 Å². The highest BCUT2D eigenvalue weighted by Gasteiger charge is 2.32.